The molecule has 1 aromatic rings. The van der Waals surface area contributed by atoms with Crippen LogP contribution in [0.3, 0.4) is 0 Å². The van der Waals surface area contributed by atoms with E-state index in [1.807, 2.05) is 30.3 Å². The smallest absolute Gasteiger partial charge is 0.0386 e. The molecule has 1 heteroatoms. The lowest BCUT2D eigenvalue weighted by Gasteiger charge is -2.02. The van der Waals surface area contributed by atoms with Gasteiger partial charge in [-0.2, -0.15) is 0 Å². The molecule has 0 saturated heterocycles. The summed E-state index contributed by atoms with van der Waals surface area (Å²) >= 11 is 0. The van der Waals surface area contributed by atoms with Crippen molar-refractivity contribution >= 4 is 5.71 Å². The molecule has 0 atom stereocenters. The lowest BCUT2D eigenvalue weighted by molar-refractivity contribution is 0.757. The second-order valence-electron chi connectivity index (χ2n) is 3.83. The van der Waals surface area contributed by atoms with Crippen molar-refractivity contribution in [3.63, 3.8) is 0 Å². The standard InChI is InChI=1S/C12H15N/c13-12(9-8-10-6-7-10)11-4-2-1-3-5-11/h1-5,10,13H,6-9H2. The van der Waals surface area contributed by atoms with Gasteiger partial charge in [0.25, 0.3) is 0 Å². The van der Waals surface area contributed by atoms with E-state index in [2.05, 4.69) is 0 Å². The largest absolute Gasteiger partial charge is 0.305 e. The molecule has 0 radical (unpaired) electrons. The van der Waals surface area contributed by atoms with Gasteiger partial charge in [-0.15, -0.1) is 0 Å². The average molecular weight is 173 g/mol. The van der Waals surface area contributed by atoms with Crippen molar-refractivity contribution in [2.45, 2.75) is 25.7 Å². The lowest BCUT2D eigenvalue weighted by Crippen LogP contribution is -1.98. The molecule has 0 spiro atoms. The lowest BCUT2D eigenvalue weighted by atomic mass is 10.0. The van der Waals surface area contributed by atoms with E-state index in [1.165, 1.54) is 19.3 Å². The molecule has 1 nitrogen and oxygen atoms in total. The minimum absolute atomic E-state index is 0.799. The fourth-order valence-corrected chi connectivity index (χ4v) is 1.54. The number of hydrogen-bond donors (Lipinski definition) is 1. The predicted molar refractivity (Wildman–Crippen MR) is 55.2 cm³/mol. The van der Waals surface area contributed by atoms with Crippen LogP contribution in [0.5, 0.6) is 0 Å². The zero-order chi connectivity index (χ0) is 9.10. The zero-order valence-electron chi connectivity index (χ0n) is 7.79. The quantitative estimate of drug-likeness (QED) is 0.676. The Labute approximate surface area is 79.3 Å². The first-order chi connectivity index (χ1) is 6.36. The molecule has 0 heterocycles. The Balaban J connectivity index is 1.89. The van der Waals surface area contributed by atoms with Gasteiger partial charge in [-0.1, -0.05) is 43.2 Å². The van der Waals surface area contributed by atoms with Gasteiger partial charge in [0, 0.05) is 5.71 Å². The van der Waals surface area contributed by atoms with Gasteiger partial charge in [-0.05, 0) is 24.3 Å². The van der Waals surface area contributed by atoms with Gasteiger partial charge in [-0.25, -0.2) is 0 Å². The summed E-state index contributed by atoms with van der Waals surface area (Å²) in [6, 6.07) is 10.0. The van der Waals surface area contributed by atoms with E-state index < -0.39 is 0 Å². The molecule has 1 aliphatic carbocycles. The fraction of sp³-hybridized carbons (Fsp3) is 0.417. The van der Waals surface area contributed by atoms with Crippen molar-refractivity contribution in [2.75, 3.05) is 0 Å². The highest BCUT2D eigenvalue weighted by Gasteiger charge is 2.21. The molecule has 1 aliphatic rings. The minimum Gasteiger partial charge on any atom is -0.305 e. The first-order valence-electron chi connectivity index (χ1n) is 4.99. The highest BCUT2D eigenvalue weighted by Crippen LogP contribution is 2.33. The van der Waals surface area contributed by atoms with Gasteiger partial charge in [0.2, 0.25) is 0 Å². The highest BCUT2D eigenvalue weighted by atomic mass is 14.4. The molecule has 0 aromatic heterocycles. The first kappa shape index (κ1) is 8.49. The molecule has 1 fully saturated rings. The monoisotopic (exact) mass is 173 g/mol. The number of hydrogen-bond acceptors (Lipinski definition) is 1. The van der Waals surface area contributed by atoms with E-state index >= 15 is 0 Å². The SMILES string of the molecule is N=C(CCC1CC1)c1ccccc1. The van der Waals surface area contributed by atoms with Crippen molar-refractivity contribution in [1.82, 2.24) is 0 Å². The average Bonchev–Trinajstić information content (AvgIpc) is 2.99. The predicted octanol–water partition coefficient (Wildman–Crippen LogP) is 3.24. The summed E-state index contributed by atoms with van der Waals surface area (Å²) in [5.41, 5.74) is 1.88. The van der Waals surface area contributed by atoms with Crippen molar-refractivity contribution < 1.29 is 0 Å². The van der Waals surface area contributed by atoms with Crippen molar-refractivity contribution in [3.8, 4) is 0 Å². The molecule has 0 unspecified atom stereocenters. The zero-order valence-corrected chi connectivity index (χ0v) is 7.79. The van der Waals surface area contributed by atoms with Crippen LogP contribution in [-0.4, -0.2) is 5.71 Å². The third-order valence-corrected chi connectivity index (χ3v) is 2.62. The van der Waals surface area contributed by atoms with E-state index in [0.29, 0.717) is 0 Å². The molecule has 1 saturated carbocycles. The summed E-state index contributed by atoms with van der Waals surface area (Å²) in [5.74, 6) is 0.934. The van der Waals surface area contributed by atoms with Gasteiger partial charge in [0.15, 0.2) is 0 Å². The second kappa shape index (κ2) is 3.73. The number of benzene rings is 1. The summed E-state index contributed by atoms with van der Waals surface area (Å²) in [6.45, 7) is 0. The van der Waals surface area contributed by atoms with E-state index in [0.717, 1.165) is 23.6 Å². The molecule has 13 heavy (non-hydrogen) atoms. The Kier molecular flexibility index (Phi) is 2.44. The highest BCUT2D eigenvalue weighted by molar-refractivity contribution is 5.98. The minimum atomic E-state index is 0.799. The van der Waals surface area contributed by atoms with Crippen LogP contribution >= 0.6 is 0 Å². The van der Waals surface area contributed by atoms with Crippen LogP contribution in [0, 0.1) is 11.3 Å². The van der Waals surface area contributed by atoms with Gasteiger partial charge in [0.1, 0.15) is 0 Å². The normalized spacial score (nSPS) is 15.7. The van der Waals surface area contributed by atoms with Gasteiger partial charge < -0.3 is 5.41 Å². The maximum atomic E-state index is 7.85. The van der Waals surface area contributed by atoms with E-state index in [9.17, 15) is 0 Å². The summed E-state index contributed by atoms with van der Waals surface area (Å²) in [5, 5.41) is 7.85. The van der Waals surface area contributed by atoms with Crippen LogP contribution in [0.1, 0.15) is 31.2 Å². The summed E-state index contributed by atoms with van der Waals surface area (Å²) in [6.07, 6.45) is 4.95. The van der Waals surface area contributed by atoms with Crippen LogP contribution in [0.15, 0.2) is 30.3 Å². The second-order valence-corrected chi connectivity index (χ2v) is 3.83. The Hall–Kier alpha value is -1.11. The molecule has 2 rings (SSSR count). The van der Waals surface area contributed by atoms with Crippen LogP contribution in [0.4, 0.5) is 0 Å². The maximum absolute atomic E-state index is 7.85. The van der Waals surface area contributed by atoms with E-state index in [-0.39, 0.29) is 0 Å². The summed E-state index contributed by atoms with van der Waals surface area (Å²) in [7, 11) is 0. The Morgan fingerprint density at radius 1 is 1.23 bits per heavy atom. The van der Waals surface area contributed by atoms with Crippen LogP contribution in [0.2, 0.25) is 0 Å². The van der Waals surface area contributed by atoms with Gasteiger partial charge in [-0.3, -0.25) is 0 Å². The number of rotatable bonds is 4. The molecule has 68 valence electrons. The van der Waals surface area contributed by atoms with Crippen molar-refractivity contribution in [1.29, 1.82) is 5.41 Å². The Morgan fingerprint density at radius 3 is 2.54 bits per heavy atom. The van der Waals surface area contributed by atoms with Crippen LogP contribution < -0.4 is 0 Å². The topological polar surface area (TPSA) is 23.9 Å². The number of nitrogens with one attached hydrogen (secondary N) is 1. The van der Waals surface area contributed by atoms with Crippen molar-refractivity contribution in [2.24, 2.45) is 5.92 Å². The van der Waals surface area contributed by atoms with Gasteiger partial charge >= 0.3 is 0 Å². The molecule has 1 aromatic carbocycles. The molecular formula is C12H15N. The molecular weight excluding hydrogens is 158 g/mol. The van der Waals surface area contributed by atoms with Crippen LogP contribution in [0.25, 0.3) is 0 Å². The maximum Gasteiger partial charge on any atom is 0.0386 e. The van der Waals surface area contributed by atoms with E-state index in [4.69, 9.17) is 5.41 Å². The molecule has 0 aliphatic heterocycles. The van der Waals surface area contributed by atoms with Crippen LogP contribution in [-0.2, 0) is 0 Å². The van der Waals surface area contributed by atoms with E-state index in [1.54, 1.807) is 0 Å². The third-order valence-electron chi connectivity index (χ3n) is 2.62. The molecule has 0 bridgehead atoms. The Bertz CT molecular complexity index is 285. The molecule has 1 N–H and O–H groups in total. The Morgan fingerprint density at radius 2 is 1.92 bits per heavy atom. The first-order valence-corrected chi connectivity index (χ1v) is 4.99. The summed E-state index contributed by atoms with van der Waals surface area (Å²) in [4.78, 5) is 0. The van der Waals surface area contributed by atoms with Crippen molar-refractivity contribution in [3.05, 3.63) is 35.9 Å². The fourth-order valence-electron chi connectivity index (χ4n) is 1.54. The third kappa shape index (κ3) is 2.41. The van der Waals surface area contributed by atoms with Gasteiger partial charge in [0.05, 0.1) is 0 Å². The summed E-state index contributed by atoms with van der Waals surface area (Å²) < 4.78 is 0. The molecule has 0 amide bonds.